The lowest BCUT2D eigenvalue weighted by molar-refractivity contribution is -0.117. The summed E-state index contributed by atoms with van der Waals surface area (Å²) in [6, 6.07) is 7.63. The van der Waals surface area contributed by atoms with E-state index in [1.54, 1.807) is 4.68 Å². The Bertz CT molecular complexity index is 824. The van der Waals surface area contributed by atoms with E-state index in [2.05, 4.69) is 22.3 Å². The Labute approximate surface area is 140 Å². The van der Waals surface area contributed by atoms with E-state index in [1.165, 1.54) is 6.33 Å². The van der Waals surface area contributed by atoms with E-state index < -0.39 is 0 Å². The van der Waals surface area contributed by atoms with Gasteiger partial charge in [-0.05, 0) is 37.0 Å². The molecule has 0 radical (unpaired) electrons. The van der Waals surface area contributed by atoms with E-state index in [-0.39, 0.29) is 11.8 Å². The van der Waals surface area contributed by atoms with Crippen molar-refractivity contribution >= 4 is 11.7 Å². The van der Waals surface area contributed by atoms with E-state index in [0.29, 0.717) is 24.9 Å². The first-order chi connectivity index (χ1) is 11.7. The van der Waals surface area contributed by atoms with Gasteiger partial charge in [0.05, 0.1) is 6.61 Å². The van der Waals surface area contributed by atoms with Crippen molar-refractivity contribution in [2.45, 2.75) is 32.7 Å². The Hall–Kier alpha value is -2.63. The molecule has 124 valence electrons. The molecule has 2 heterocycles. The largest absolute Gasteiger partial charge is 0.494 e. The standard InChI is InChI=1S/C18H20N4O2/c1-3-24-13-6-4-5-12(9-13)17-16-14(7-11(2)8-15(16)23)21-18-19-10-20-22(17)18/h4-6,9-11,17H,3,7-8H2,1-2H3,(H,19,20,21)/t11-,17+/m0/s1. The van der Waals surface area contributed by atoms with Crippen molar-refractivity contribution in [1.29, 1.82) is 0 Å². The highest BCUT2D eigenvalue weighted by molar-refractivity contribution is 5.99. The number of hydrogen-bond donors (Lipinski definition) is 1. The number of hydrogen-bond acceptors (Lipinski definition) is 5. The molecule has 0 bridgehead atoms. The smallest absolute Gasteiger partial charge is 0.226 e. The summed E-state index contributed by atoms with van der Waals surface area (Å²) in [7, 11) is 0. The highest BCUT2D eigenvalue weighted by Gasteiger charge is 2.37. The molecule has 0 fully saturated rings. The van der Waals surface area contributed by atoms with E-state index in [9.17, 15) is 4.79 Å². The van der Waals surface area contributed by atoms with Crippen LogP contribution in [0.15, 0.2) is 41.9 Å². The molecule has 6 heteroatoms. The summed E-state index contributed by atoms with van der Waals surface area (Å²) in [5, 5.41) is 7.65. The Morgan fingerprint density at radius 2 is 2.25 bits per heavy atom. The minimum atomic E-state index is -0.251. The molecule has 1 aromatic heterocycles. The first-order valence-electron chi connectivity index (χ1n) is 8.33. The second kappa shape index (κ2) is 5.78. The van der Waals surface area contributed by atoms with Crippen LogP contribution in [0.1, 0.15) is 38.3 Å². The van der Waals surface area contributed by atoms with Gasteiger partial charge in [0.2, 0.25) is 5.95 Å². The van der Waals surface area contributed by atoms with Crippen molar-refractivity contribution in [2.75, 3.05) is 11.9 Å². The number of aromatic nitrogens is 3. The van der Waals surface area contributed by atoms with Crippen LogP contribution in [-0.2, 0) is 4.79 Å². The zero-order chi connectivity index (χ0) is 16.7. The average Bonchev–Trinajstić information content (AvgIpc) is 3.01. The summed E-state index contributed by atoms with van der Waals surface area (Å²) < 4.78 is 7.41. The van der Waals surface area contributed by atoms with Crippen molar-refractivity contribution in [2.24, 2.45) is 5.92 Å². The lowest BCUT2D eigenvalue weighted by Crippen LogP contribution is -2.33. The number of anilines is 1. The molecule has 0 saturated heterocycles. The molecule has 6 nitrogen and oxygen atoms in total. The number of allylic oxidation sites excluding steroid dienone is 2. The van der Waals surface area contributed by atoms with Gasteiger partial charge < -0.3 is 10.1 Å². The van der Waals surface area contributed by atoms with Crippen LogP contribution < -0.4 is 10.1 Å². The Morgan fingerprint density at radius 1 is 1.38 bits per heavy atom. The van der Waals surface area contributed by atoms with Crippen LogP contribution in [-0.4, -0.2) is 27.2 Å². The van der Waals surface area contributed by atoms with Crippen LogP contribution in [0.2, 0.25) is 0 Å². The number of carbonyl (C=O) groups is 1. The van der Waals surface area contributed by atoms with Gasteiger partial charge in [-0.3, -0.25) is 4.79 Å². The quantitative estimate of drug-likeness (QED) is 0.940. The molecule has 0 spiro atoms. The molecule has 1 aromatic carbocycles. The van der Waals surface area contributed by atoms with Gasteiger partial charge in [-0.15, -0.1) is 0 Å². The van der Waals surface area contributed by atoms with Gasteiger partial charge in [0.15, 0.2) is 5.78 Å². The zero-order valence-electron chi connectivity index (χ0n) is 13.8. The molecule has 0 saturated carbocycles. The summed E-state index contributed by atoms with van der Waals surface area (Å²) in [6.45, 7) is 4.67. The summed E-state index contributed by atoms with van der Waals surface area (Å²) in [4.78, 5) is 17.1. The second-order valence-corrected chi connectivity index (χ2v) is 6.39. The van der Waals surface area contributed by atoms with Crippen LogP contribution in [0.3, 0.4) is 0 Å². The lowest BCUT2D eigenvalue weighted by atomic mass is 9.81. The summed E-state index contributed by atoms with van der Waals surface area (Å²) in [5.74, 6) is 2.01. The average molecular weight is 324 g/mol. The van der Waals surface area contributed by atoms with Crippen LogP contribution in [0.4, 0.5) is 5.95 Å². The maximum atomic E-state index is 12.8. The molecule has 1 N–H and O–H groups in total. The topological polar surface area (TPSA) is 69.0 Å². The molecule has 4 rings (SSSR count). The summed E-state index contributed by atoms with van der Waals surface area (Å²) in [5.41, 5.74) is 2.77. The Balaban J connectivity index is 1.85. The fourth-order valence-corrected chi connectivity index (χ4v) is 3.60. The number of carbonyl (C=O) groups excluding carboxylic acids is 1. The van der Waals surface area contributed by atoms with E-state index in [0.717, 1.165) is 29.0 Å². The third-order valence-corrected chi connectivity index (χ3v) is 4.55. The summed E-state index contributed by atoms with van der Waals surface area (Å²) in [6.07, 6.45) is 2.95. The minimum absolute atomic E-state index is 0.184. The van der Waals surface area contributed by atoms with Gasteiger partial charge in [-0.2, -0.15) is 10.1 Å². The number of nitrogens with zero attached hydrogens (tertiary/aromatic N) is 3. The molecule has 1 aliphatic carbocycles. The first-order valence-corrected chi connectivity index (χ1v) is 8.33. The monoisotopic (exact) mass is 324 g/mol. The Kier molecular flexibility index (Phi) is 3.59. The zero-order valence-corrected chi connectivity index (χ0v) is 13.8. The van der Waals surface area contributed by atoms with E-state index in [4.69, 9.17) is 4.74 Å². The van der Waals surface area contributed by atoms with Crippen LogP contribution in [0, 0.1) is 5.92 Å². The molecule has 24 heavy (non-hydrogen) atoms. The molecular weight excluding hydrogens is 304 g/mol. The fourth-order valence-electron chi connectivity index (χ4n) is 3.60. The predicted octanol–water partition coefficient (Wildman–Crippen LogP) is 2.94. The molecule has 0 amide bonds. The molecule has 2 aliphatic rings. The molecule has 1 aliphatic heterocycles. The number of fused-ring (bicyclic) bond motifs is 1. The van der Waals surface area contributed by atoms with Crippen molar-refractivity contribution in [3.05, 3.63) is 47.4 Å². The molecule has 0 unspecified atom stereocenters. The van der Waals surface area contributed by atoms with Gasteiger partial charge >= 0.3 is 0 Å². The molecule has 2 aromatic rings. The normalized spacial score (nSPS) is 22.7. The number of Topliss-reactive ketones (excluding diaryl/α,β-unsaturated/α-hetero) is 1. The van der Waals surface area contributed by atoms with Crippen molar-refractivity contribution in [3.8, 4) is 5.75 Å². The fraction of sp³-hybridized carbons (Fsp3) is 0.389. The summed E-state index contributed by atoms with van der Waals surface area (Å²) >= 11 is 0. The Morgan fingerprint density at radius 3 is 3.08 bits per heavy atom. The van der Waals surface area contributed by atoms with Crippen molar-refractivity contribution < 1.29 is 9.53 Å². The van der Waals surface area contributed by atoms with Gasteiger partial charge in [0, 0.05) is 17.7 Å². The van der Waals surface area contributed by atoms with Gasteiger partial charge in [-0.1, -0.05) is 19.1 Å². The van der Waals surface area contributed by atoms with E-state index in [1.807, 2.05) is 31.2 Å². The van der Waals surface area contributed by atoms with Crippen LogP contribution >= 0.6 is 0 Å². The molecular formula is C18H20N4O2. The number of nitrogens with one attached hydrogen (secondary N) is 1. The minimum Gasteiger partial charge on any atom is -0.494 e. The van der Waals surface area contributed by atoms with Gasteiger partial charge in [0.1, 0.15) is 18.1 Å². The maximum Gasteiger partial charge on any atom is 0.226 e. The second-order valence-electron chi connectivity index (χ2n) is 6.39. The number of ketones is 1. The van der Waals surface area contributed by atoms with Crippen LogP contribution in [0.5, 0.6) is 5.75 Å². The molecule has 2 atom stereocenters. The van der Waals surface area contributed by atoms with Crippen molar-refractivity contribution in [3.63, 3.8) is 0 Å². The highest BCUT2D eigenvalue weighted by Crippen LogP contribution is 2.41. The third kappa shape index (κ3) is 2.38. The van der Waals surface area contributed by atoms with Gasteiger partial charge in [-0.25, -0.2) is 4.68 Å². The SMILES string of the molecule is CCOc1cccc([C@@H]2C3=C(C[C@H](C)CC3=O)Nc3ncnn32)c1. The van der Waals surface area contributed by atoms with Crippen molar-refractivity contribution in [1.82, 2.24) is 14.8 Å². The van der Waals surface area contributed by atoms with E-state index >= 15 is 0 Å². The lowest BCUT2D eigenvalue weighted by Gasteiger charge is -2.34. The first kappa shape index (κ1) is 14.9. The predicted molar refractivity (Wildman–Crippen MR) is 89.8 cm³/mol. The third-order valence-electron chi connectivity index (χ3n) is 4.55. The van der Waals surface area contributed by atoms with Gasteiger partial charge in [0.25, 0.3) is 0 Å². The number of ether oxygens (including phenoxy) is 1. The maximum absolute atomic E-state index is 12.8. The number of rotatable bonds is 3. The highest BCUT2D eigenvalue weighted by atomic mass is 16.5. The number of benzene rings is 1. The van der Waals surface area contributed by atoms with Crippen LogP contribution in [0.25, 0.3) is 0 Å².